The zero-order valence-corrected chi connectivity index (χ0v) is 32.0. The van der Waals surface area contributed by atoms with E-state index in [1.165, 1.54) is 99.3 Å². The molecule has 0 amide bonds. The quantitative estimate of drug-likeness (QED) is 0.237. The van der Waals surface area contributed by atoms with E-state index >= 15 is 0 Å². The summed E-state index contributed by atoms with van der Waals surface area (Å²) in [6, 6.07) is 6.54. The van der Waals surface area contributed by atoms with Crippen molar-refractivity contribution in [2.75, 3.05) is 13.2 Å². The number of rotatable bonds is 7. The number of ether oxygens (including phenoxy) is 2. The lowest BCUT2D eigenvalue weighted by molar-refractivity contribution is 0.0509. The average molecular weight is 736 g/mol. The van der Waals surface area contributed by atoms with Gasteiger partial charge >= 0.3 is 11.9 Å². The SMILES string of the molecule is CCOC(=O)c1[nH]c(C(c2ccc(Br)cc2C)c2[nH]c(C(=O)OCC)c3c2CCCCCCCCCC3)c2c1CCCCCCCCCC2. The Hall–Kier alpha value is -2.80. The van der Waals surface area contributed by atoms with Crippen molar-refractivity contribution in [2.24, 2.45) is 0 Å². The van der Waals surface area contributed by atoms with Crippen molar-refractivity contribution in [1.82, 2.24) is 9.97 Å². The molecule has 1 aromatic carbocycles. The molecule has 0 saturated heterocycles. The second-order valence-corrected chi connectivity index (χ2v) is 15.2. The number of nitrogens with one attached hydrogen (secondary N) is 2. The Kier molecular flexibility index (Phi) is 14.5. The molecule has 6 nitrogen and oxygen atoms in total. The molecule has 0 aliphatic heterocycles. The zero-order valence-electron chi connectivity index (χ0n) is 30.4. The van der Waals surface area contributed by atoms with Crippen molar-refractivity contribution in [1.29, 1.82) is 0 Å². The fourth-order valence-corrected chi connectivity index (χ4v) is 8.79. The predicted molar refractivity (Wildman–Crippen MR) is 202 cm³/mol. The van der Waals surface area contributed by atoms with Gasteiger partial charge in [0.05, 0.1) is 19.1 Å². The Balaban J connectivity index is 1.77. The van der Waals surface area contributed by atoms with Crippen LogP contribution in [0.3, 0.4) is 0 Å². The summed E-state index contributed by atoms with van der Waals surface area (Å²) in [6.07, 6.45) is 22.7. The number of esters is 2. The molecule has 0 saturated carbocycles. The zero-order chi connectivity index (χ0) is 34.6. The van der Waals surface area contributed by atoms with Crippen LogP contribution in [-0.4, -0.2) is 35.1 Å². The maximum atomic E-state index is 13.7. The number of benzene rings is 1. The Bertz CT molecular complexity index is 1450. The van der Waals surface area contributed by atoms with Crippen molar-refractivity contribution in [2.45, 2.75) is 155 Å². The summed E-state index contributed by atoms with van der Waals surface area (Å²) in [5, 5.41) is 0. The molecule has 3 aromatic rings. The fraction of sp³-hybridized carbons (Fsp3) is 0.619. The number of hydrogen-bond acceptors (Lipinski definition) is 4. The van der Waals surface area contributed by atoms with Gasteiger partial charge in [-0.05, 0) is 118 Å². The number of carbonyl (C=O) groups is 2. The lowest BCUT2D eigenvalue weighted by atomic mass is 9.82. The Morgan fingerprint density at radius 3 is 1.35 bits per heavy atom. The van der Waals surface area contributed by atoms with E-state index in [0.29, 0.717) is 24.6 Å². The van der Waals surface area contributed by atoms with Gasteiger partial charge in [-0.15, -0.1) is 0 Å². The highest BCUT2D eigenvalue weighted by atomic mass is 79.9. The second kappa shape index (κ2) is 19.0. The largest absolute Gasteiger partial charge is 0.461 e. The number of hydrogen-bond donors (Lipinski definition) is 2. The lowest BCUT2D eigenvalue weighted by Crippen LogP contribution is -2.13. The first-order valence-corrected chi connectivity index (χ1v) is 20.3. The topological polar surface area (TPSA) is 84.2 Å². The van der Waals surface area contributed by atoms with Crippen molar-refractivity contribution in [3.05, 3.63) is 78.8 Å². The number of carbonyl (C=O) groups excluding carboxylic acids is 2. The van der Waals surface area contributed by atoms with Crippen molar-refractivity contribution in [3.8, 4) is 0 Å². The smallest absolute Gasteiger partial charge is 0.355 e. The molecule has 0 radical (unpaired) electrons. The van der Waals surface area contributed by atoms with E-state index in [4.69, 9.17) is 9.47 Å². The van der Waals surface area contributed by atoms with E-state index in [-0.39, 0.29) is 17.9 Å². The van der Waals surface area contributed by atoms with E-state index < -0.39 is 0 Å². The molecule has 2 aromatic heterocycles. The fourth-order valence-electron chi connectivity index (χ4n) is 8.32. The standard InChI is InChI=1S/C42H59BrN2O4/c1-4-48-41(46)39-34-24-20-16-12-8-6-10-14-18-22-32(34)37(44-39)36(31-27-26-30(43)28-29(31)3)38-33-23-19-15-11-7-9-13-17-21-25-35(33)40(45-38)42(47)49-5-2/h26-28,36,44-45H,4-25H2,1-3H3. The third kappa shape index (κ3) is 9.51. The summed E-state index contributed by atoms with van der Waals surface area (Å²) in [6.45, 7) is 6.61. The van der Waals surface area contributed by atoms with Crippen molar-refractivity contribution >= 4 is 27.9 Å². The molecule has 2 aliphatic carbocycles. The minimum absolute atomic E-state index is 0.206. The van der Waals surface area contributed by atoms with Gasteiger partial charge < -0.3 is 19.4 Å². The highest BCUT2D eigenvalue weighted by molar-refractivity contribution is 9.10. The molecule has 49 heavy (non-hydrogen) atoms. The first kappa shape index (κ1) is 37.5. The van der Waals surface area contributed by atoms with Crippen molar-refractivity contribution in [3.63, 3.8) is 0 Å². The highest BCUT2D eigenvalue weighted by Crippen LogP contribution is 2.42. The summed E-state index contributed by atoms with van der Waals surface area (Å²) < 4.78 is 12.4. The van der Waals surface area contributed by atoms with E-state index in [1.54, 1.807) is 0 Å². The average Bonchev–Trinajstić information content (AvgIpc) is 3.60. The molecule has 0 unspecified atom stereocenters. The van der Waals surface area contributed by atoms with Gasteiger partial charge in [0, 0.05) is 15.9 Å². The monoisotopic (exact) mass is 734 g/mol. The van der Waals surface area contributed by atoms with Gasteiger partial charge in [-0.2, -0.15) is 0 Å². The maximum Gasteiger partial charge on any atom is 0.355 e. The number of fused-ring (bicyclic) bond motifs is 2. The first-order valence-electron chi connectivity index (χ1n) is 19.5. The Morgan fingerprint density at radius 2 is 0.980 bits per heavy atom. The molecule has 0 fully saturated rings. The first-order chi connectivity index (χ1) is 23.9. The third-order valence-corrected chi connectivity index (χ3v) is 11.3. The molecule has 268 valence electrons. The van der Waals surface area contributed by atoms with Crippen LogP contribution in [0.5, 0.6) is 0 Å². The van der Waals surface area contributed by atoms with Gasteiger partial charge in [-0.1, -0.05) is 99.0 Å². The Labute approximate surface area is 303 Å². The van der Waals surface area contributed by atoms with Crippen LogP contribution in [0.1, 0.15) is 188 Å². The van der Waals surface area contributed by atoms with Gasteiger partial charge in [0.1, 0.15) is 11.4 Å². The predicted octanol–water partition coefficient (Wildman–Crippen LogP) is 11.4. The highest BCUT2D eigenvalue weighted by Gasteiger charge is 2.34. The van der Waals surface area contributed by atoms with E-state index in [0.717, 1.165) is 78.4 Å². The minimum atomic E-state index is -0.266. The maximum absolute atomic E-state index is 13.7. The molecule has 0 spiro atoms. The minimum Gasteiger partial charge on any atom is -0.461 e. The van der Waals surface area contributed by atoms with Gasteiger partial charge in [0.15, 0.2) is 0 Å². The summed E-state index contributed by atoms with van der Waals surface area (Å²) in [7, 11) is 0. The molecule has 5 rings (SSSR count). The number of halogens is 1. The third-order valence-electron chi connectivity index (χ3n) is 10.8. The molecule has 2 heterocycles. The van der Waals surface area contributed by atoms with Gasteiger partial charge in [-0.3, -0.25) is 0 Å². The molecule has 2 aliphatic rings. The molecule has 7 heteroatoms. The van der Waals surface area contributed by atoms with Crippen LogP contribution >= 0.6 is 15.9 Å². The van der Waals surface area contributed by atoms with Gasteiger partial charge in [-0.25, -0.2) is 9.59 Å². The van der Waals surface area contributed by atoms with Crippen LogP contribution in [0, 0.1) is 6.92 Å². The van der Waals surface area contributed by atoms with Crippen LogP contribution in [0.15, 0.2) is 22.7 Å². The molecule has 0 atom stereocenters. The molecular formula is C42H59BrN2O4. The van der Waals surface area contributed by atoms with Crippen LogP contribution < -0.4 is 0 Å². The Morgan fingerprint density at radius 1 is 0.612 bits per heavy atom. The number of aromatic nitrogens is 2. The second-order valence-electron chi connectivity index (χ2n) is 14.3. The number of aromatic amines is 2. The van der Waals surface area contributed by atoms with E-state index in [1.807, 2.05) is 13.8 Å². The molecule has 0 bridgehead atoms. The van der Waals surface area contributed by atoms with Crippen LogP contribution in [0.4, 0.5) is 0 Å². The van der Waals surface area contributed by atoms with Gasteiger partial charge in [0.25, 0.3) is 0 Å². The van der Waals surface area contributed by atoms with E-state index in [2.05, 4.69) is 51.0 Å². The number of H-pyrrole nitrogens is 2. The van der Waals surface area contributed by atoms with Crippen LogP contribution in [-0.2, 0) is 35.2 Å². The summed E-state index contributed by atoms with van der Waals surface area (Å²) >= 11 is 3.72. The van der Waals surface area contributed by atoms with Crippen LogP contribution in [0.2, 0.25) is 0 Å². The summed E-state index contributed by atoms with van der Waals surface area (Å²) in [5.41, 5.74) is 10.5. The van der Waals surface area contributed by atoms with Crippen molar-refractivity contribution < 1.29 is 19.1 Å². The lowest BCUT2D eigenvalue weighted by Gasteiger charge is -2.23. The molecular weight excluding hydrogens is 676 g/mol. The normalized spacial score (nSPS) is 17.1. The molecule has 2 N–H and O–H groups in total. The summed E-state index contributed by atoms with van der Waals surface area (Å²) in [5.74, 6) is -0.738. The van der Waals surface area contributed by atoms with Crippen LogP contribution in [0.25, 0.3) is 0 Å². The van der Waals surface area contributed by atoms with E-state index in [9.17, 15) is 9.59 Å². The summed E-state index contributed by atoms with van der Waals surface area (Å²) in [4.78, 5) is 34.9. The van der Waals surface area contributed by atoms with Gasteiger partial charge in [0.2, 0.25) is 0 Å². The number of aryl methyl sites for hydroxylation is 1.